The standard InChI is InChI=1S/C60H41N3/c1-5-16-42(17-6-1)44-28-31-48(32-29-44)61(49-33-35-50(36-34-49)62-56-26-14-13-24-53(56)54-38-30-46(40-58(54)62)43-18-7-2-8-19-43)51-37-39-55-59(41-51)63(47-22-11-4-12-23-47)57-27-15-25-52(60(55)57)45-20-9-3-10-21-45/h1-41H. The number of fused-ring (bicyclic) bond motifs is 6. The molecule has 0 N–H and O–H groups in total. The van der Waals surface area contributed by atoms with E-state index in [1.165, 1.54) is 71.5 Å². The van der Waals surface area contributed by atoms with Gasteiger partial charge in [-0.1, -0.05) is 170 Å². The van der Waals surface area contributed by atoms with E-state index in [9.17, 15) is 0 Å². The van der Waals surface area contributed by atoms with Gasteiger partial charge >= 0.3 is 0 Å². The van der Waals surface area contributed by atoms with E-state index < -0.39 is 0 Å². The molecule has 12 aromatic rings. The Morgan fingerprint density at radius 2 is 0.714 bits per heavy atom. The average molecular weight is 804 g/mol. The third-order valence-corrected chi connectivity index (χ3v) is 12.5. The van der Waals surface area contributed by atoms with Crippen LogP contribution in [-0.2, 0) is 0 Å². The first-order valence-electron chi connectivity index (χ1n) is 21.6. The van der Waals surface area contributed by atoms with Crippen molar-refractivity contribution in [2.24, 2.45) is 0 Å². The van der Waals surface area contributed by atoms with Crippen LogP contribution in [0.25, 0.3) is 88.4 Å². The van der Waals surface area contributed by atoms with Gasteiger partial charge in [0.1, 0.15) is 0 Å². The van der Waals surface area contributed by atoms with Gasteiger partial charge in [0.15, 0.2) is 0 Å². The van der Waals surface area contributed by atoms with Crippen LogP contribution in [0.15, 0.2) is 249 Å². The molecule has 0 saturated heterocycles. The van der Waals surface area contributed by atoms with Gasteiger partial charge < -0.3 is 14.0 Å². The molecule has 0 unspecified atom stereocenters. The maximum absolute atomic E-state index is 2.42. The number of hydrogen-bond acceptors (Lipinski definition) is 1. The summed E-state index contributed by atoms with van der Waals surface area (Å²) in [5.74, 6) is 0. The third-order valence-electron chi connectivity index (χ3n) is 12.5. The molecule has 0 amide bonds. The van der Waals surface area contributed by atoms with Crippen LogP contribution in [0.3, 0.4) is 0 Å². The monoisotopic (exact) mass is 803 g/mol. The Labute approximate surface area is 366 Å². The fourth-order valence-electron chi connectivity index (χ4n) is 9.60. The maximum atomic E-state index is 2.42. The molecular weight excluding hydrogens is 763 g/mol. The number of para-hydroxylation sites is 2. The van der Waals surface area contributed by atoms with Gasteiger partial charge in [-0.05, 0) is 112 Å². The molecule has 0 bridgehead atoms. The predicted octanol–water partition coefficient (Wildman–Crippen LogP) is 16.4. The van der Waals surface area contributed by atoms with Gasteiger partial charge in [-0.3, -0.25) is 0 Å². The highest BCUT2D eigenvalue weighted by molar-refractivity contribution is 6.16. The van der Waals surface area contributed by atoms with Crippen LogP contribution in [0.5, 0.6) is 0 Å². The molecule has 0 fully saturated rings. The minimum atomic E-state index is 1.07. The van der Waals surface area contributed by atoms with Crippen molar-refractivity contribution in [1.29, 1.82) is 0 Å². The molecule has 0 aliphatic heterocycles. The fraction of sp³-hybridized carbons (Fsp3) is 0. The third kappa shape index (κ3) is 6.29. The zero-order valence-electron chi connectivity index (χ0n) is 34.5. The van der Waals surface area contributed by atoms with Crippen molar-refractivity contribution in [3.63, 3.8) is 0 Å². The molecule has 2 aromatic heterocycles. The summed E-state index contributed by atoms with van der Waals surface area (Å²) in [5, 5.41) is 4.95. The Balaban J connectivity index is 1.05. The SMILES string of the molecule is c1ccc(-c2ccc(N(c3ccc(-n4c5ccccc5c5ccc(-c6ccccc6)cc54)cc3)c3ccc4c5c(-c6ccccc6)cccc5n(-c5ccccc5)c4c3)cc2)cc1. The lowest BCUT2D eigenvalue weighted by molar-refractivity contribution is 1.17. The van der Waals surface area contributed by atoms with Crippen molar-refractivity contribution in [3.8, 4) is 44.8 Å². The summed E-state index contributed by atoms with van der Waals surface area (Å²) in [6, 6.07) is 90.1. The number of benzene rings is 10. The lowest BCUT2D eigenvalue weighted by atomic mass is 9.99. The second-order valence-corrected chi connectivity index (χ2v) is 16.2. The Bertz CT molecular complexity index is 3570. The van der Waals surface area contributed by atoms with Crippen LogP contribution >= 0.6 is 0 Å². The van der Waals surface area contributed by atoms with Gasteiger partial charge in [0, 0.05) is 50.0 Å². The summed E-state index contributed by atoms with van der Waals surface area (Å²) in [4.78, 5) is 2.39. The second kappa shape index (κ2) is 15.3. The average Bonchev–Trinajstić information content (AvgIpc) is 3.88. The molecule has 0 saturated carbocycles. The summed E-state index contributed by atoms with van der Waals surface area (Å²) in [5.41, 5.74) is 17.4. The Morgan fingerprint density at radius 3 is 1.41 bits per heavy atom. The molecule has 296 valence electrons. The van der Waals surface area contributed by atoms with Crippen LogP contribution in [-0.4, -0.2) is 9.13 Å². The molecule has 63 heavy (non-hydrogen) atoms. The van der Waals surface area contributed by atoms with Gasteiger partial charge in [0.05, 0.1) is 22.1 Å². The van der Waals surface area contributed by atoms with Gasteiger partial charge in [-0.25, -0.2) is 0 Å². The highest BCUT2D eigenvalue weighted by atomic mass is 15.1. The van der Waals surface area contributed by atoms with Gasteiger partial charge in [0.2, 0.25) is 0 Å². The van der Waals surface area contributed by atoms with E-state index in [-0.39, 0.29) is 0 Å². The highest BCUT2D eigenvalue weighted by Crippen LogP contribution is 2.43. The first-order valence-corrected chi connectivity index (χ1v) is 21.6. The number of hydrogen-bond donors (Lipinski definition) is 0. The topological polar surface area (TPSA) is 13.1 Å². The quantitative estimate of drug-likeness (QED) is 0.149. The van der Waals surface area contributed by atoms with Crippen LogP contribution < -0.4 is 4.90 Å². The second-order valence-electron chi connectivity index (χ2n) is 16.2. The van der Waals surface area contributed by atoms with Crippen molar-refractivity contribution in [1.82, 2.24) is 9.13 Å². The summed E-state index contributed by atoms with van der Waals surface area (Å²) in [6.07, 6.45) is 0. The predicted molar refractivity (Wildman–Crippen MR) is 266 cm³/mol. The van der Waals surface area contributed by atoms with E-state index in [1.807, 2.05) is 0 Å². The molecule has 3 heteroatoms. The molecular formula is C60H41N3. The Morgan fingerprint density at radius 1 is 0.254 bits per heavy atom. The van der Waals surface area contributed by atoms with E-state index in [4.69, 9.17) is 0 Å². The summed E-state index contributed by atoms with van der Waals surface area (Å²) >= 11 is 0. The van der Waals surface area contributed by atoms with E-state index in [0.717, 1.165) is 34.0 Å². The van der Waals surface area contributed by atoms with Crippen molar-refractivity contribution >= 4 is 60.7 Å². The van der Waals surface area contributed by atoms with Crippen LogP contribution in [0.2, 0.25) is 0 Å². The van der Waals surface area contributed by atoms with Gasteiger partial charge in [-0.2, -0.15) is 0 Å². The number of anilines is 3. The molecule has 0 aliphatic carbocycles. The summed E-state index contributed by atoms with van der Waals surface area (Å²) < 4.78 is 4.83. The summed E-state index contributed by atoms with van der Waals surface area (Å²) in [7, 11) is 0. The Hall–Kier alpha value is -8.40. The van der Waals surface area contributed by atoms with Crippen molar-refractivity contribution in [2.45, 2.75) is 0 Å². The van der Waals surface area contributed by atoms with E-state index >= 15 is 0 Å². The highest BCUT2D eigenvalue weighted by Gasteiger charge is 2.21. The smallest absolute Gasteiger partial charge is 0.0562 e. The first-order chi connectivity index (χ1) is 31.3. The van der Waals surface area contributed by atoms with Gasteiger partial charge in [0.25, 0.3) is 0 Å². The minimum Gasteiger partial charge on any atom is -0.310 e. The minimum absolute atomic E-state index is 1.07. The van der Waals surface area contributed by atoms with Crippen LogP contribution in [0.1, 0.15) is 0 Å². The Kier molecular flexibility index (Phi) is 8.83. The van der Waals surface area contributed by atoms with Crippen molar-refractivity contribution in [2.75, 3.05) is 4.90 Å². The molecule has 0 aliphatic rings. The van der Waals surface area contributed by atoms with E-state index in [1.54, 1.807) is 0 Å². The van der Waals surface area contributed by atoms with E-state index in [2.05, 4.69) is 263 Å². The fourth-order valence-corrected chi connectivity index (χ4v) is 9.60. The zero-order chi connectivity index (χ0) is 41.7. The van der Waals surface area contributed by atoms with Gasteiger partial charge in [-0.15, -0.1) is 0 Å². The summed E-state index contributed by atoms with van der Waals surface area (Å²) in [6.45, 7) is 0. The van der Waals surface area contributed by atoms with E-state index in [0.29, 0.717) is 0 Å². The van der Waals surface area contributed by atoms with Crippen LogP contribution in [0, 0.1) is 0 Å². The maximum Gasteiger partial charge on any atom is 0.0562 e. The molecule has 0 radical (unpaired) electrons. The van der Waals surface area contributed by atoms with Crippen molar-refractivity contribution < 1.29 is 0 Å². The normalized spacial score (nSPS) is 11.5. The zero-order valence-corrected chi connectivity index (χ0v) is 34.5. The molecule has 10 aromatic carbocycles. The van der Waals surface area contributed by atoms with Crippen molar-refractivity contribution in [3.05, 3.63) is 249 Å². The number of rotatable bonds is 8. The lowest BCUT2D eigenvalue weighted by Crippen LogP contribution is -2.10. The largest absolute Gasteiger partial charge is 0.310 e. The molecule has 0 spiro atoms. The number of nitrogens with zero attached hydrogens (tertiary/aromatic N) is 3. The molecule has 0 atom stereocenters. The molecule has 12 rings (SSSR count). The lowest BCUT2D eigenvalue weighted by Gasteiger charge is -2.26. The first kappa shape index (κ1) is 36.5. The number of aromatic nitrogens is 2. The molecule has 3 nitrogen and oxygen atoms in total. The molecule has 2 heterocycles. The van der Waals surface area contributed by atoms with Crippen LogP contribution in [0.4, 0.5) is 17.1 Å².